The van der Waals surface area contributed by atoms with E-state index in [4.69, 9.17) is 0 Å². The molecule has 1 aromatic rings. The zero-order valence-electron chi connectivity index (χ0n) is 11.5. The second kappa shape index (κ2) is 3.59. The fourth-order valence-electron chi connectivity index (χ4n) is 3.35. The Labute approximate surface area is 109 Å². The van der Waals surface area contributed by atoms with Crippen LogP contribution in [0.3, 0.4) is 0 Å². The van der Waals surface area contributed by atoms with Crippen LogP contribution < -0.4 is 5.32 Å². The van der Waals surface area contributed by atoms with Crippen molar-refractivity contribution in [2.45, 2.75) is 57.3 Å². The van der Waals surface area contributed by atoms with Crippen molar-refractivity contribution in [1.29, 1.82) is 0 Å². The van der Waals surface area contributed by atoms with Crippen LogP contribution in [0.1, 0.15) is 57.6 Å². The highest BCUT2D eigenvalue weighted by Crippen LogP contribution is 2.49. The van der Waals surface area contributed by atoms with Crippen LogP contribution >= 0.6 is 0 Å². The molecule has 1 aliphatic carbocycles. The molecule has 1 aromatic carbocycles. The first-order chi connectivity index (χ1) is 8.43. The second-order valence-electron chi connectivity index (χ2n) is 6.75. The second-order valence-corrected chi connectivity index (χ2v) is 6.75. The molecule has 2 nitrogen and oxygen atoms in total. The summed E-state index contributed by atoms with van der Waals surface area (Å²) in [5, 5.41) is 3.07. The molecule has 1 N–H and O–H groups in total. The molecule has 18 heavy (non-hydrogen) atoms. The van der Waals surface area contributed by atoms with Gasteiger partial charge in [0, 0.05) is 5.69 Å². The van der Waals surface area contributed by atoms with Gasteiger partial charge >= 0.3 is 0 Å². The Bertz CT molecular complexity index is 504. The Morgan fingerprint density at radius 2 is 1.83 bits per heavy atom. The predicted molar refractivity (Wildman–Crippen MR) is 73.9 cm³/mol. The first-order valence-electron chi connectivity index (χ1n) is 6.90. The summed E-state index contributed by atoms with van der Waals surface area (Å²) in [4.78, 5) is 12.3. The van der Waals surface area contributed by atoms with E-state index in [0.717, 1.165) is 18.5 Å². The summed E-state index contributed by atoms with van der Waals surface area (Å²) >= 11 is 0. The molecule has 0 atom stereocenters. The number of amides is 1. The summed E-state index contributed by atoms with van der Waals surface area (Å²) in [6.45, 7) is 6.67. The monoisotopic (exact) mass is 243 g/mol. The molecule has 2 heteroatoms. The van der Waals surface area contributed by atoms with Gasteiger partial charge in [-0.05, 0) is 35.4 Å². The number of carbonyl (C=O) groups excluding carboxylic acids is 1. The zero-order chi connectivity index (χ0) is 13.0. The first kappa shape index (κ1) is 11.8. The molecule has 1 spiro atoms. The highest BCUT2D eigenvalue weighted by Gasteiger charge is 2.48. The van der Waals surface area contributed by atoms with Crippen molar-refractivity contribution in [2.75, 3.05) is 5.32 Å². The molecular formula is C16H21NO. The number of carbonyl (C=O) groups is 1. The molecule has 1 fully saturated rings. The molecule has 3 rings (SSSR count). The molecule has 0 bridgehead atoms. The highest BCUT2D eigenvalue weighted by atomic mass is 16.2. The normalized spacial score (nSPS) is 21.2. The highest BCUT2D eigenvalue weighted by molar-refractivity contribution is 6.06. The molecule has 1 heterocycles. The number of rotatable bonds is 0. The van der Waals surface area contributed by atoms with Crippen LogP contribution in [-0.2, 0) is 15.6 Å². The SMILES string of the molecule is CC(C)(C)c1ccc2c(c1)C1(CCCC1)C(=O)N2. The fraction of sp³-hybridized carbons (Fsp3) is 0.562. The van der Waals surface area contributed by atoms with Crippen LogP contribution in [0.5, 0.6) is 0 Å². The topological polar surface area (TPSA) is 29.1 Å². The van der Waals surface area contributed by atoms with Gasteiger partial charge in [-0.15, -0.1) is 0 Å². The standard InChI is InChI=1S/C16H21NO/c1-15(2,3)11-6-7-13-12(10-11)16(14(18)17-13)8-4-5-9-16/h6-7,10H,4-5,8-9H2,1-3H3,(H,17,18). The number of benzene rings is 1. The van der Waals surface area contributed by atoms with Crippen LogP contribution in [0, 0.1) is 0 Å². The van der Waals surface area contributed by atoms with E-state index in [1.807, 2.05) is 0 Å². The van der Waals surface area contributed by atoms with Crippen molar-refractivity contribution in [2.24, 2.45) is 0 Å². The first-order valence-corrected chi connectivity index (χ1v) is 6.90. The van der Waals surface area contributed by atoms with Crippen LogP contribution in [0.25, 0.3) is 0 Å². The van der Waals surface area contributed by atoms with Crippen molar-refractivity contribution >= 4 is 11.6 Å². The number of hydrogen-bond donors (Lipinski definition) is 1. The Morgan fingerprint density at radius 1 is 1.17 bits per heavy atom. The Morgan fingerprint density at radius 3 is 2.44 bits per heavy atom. The van der Waals surface area contributed by atoms with Gasteiger partial charge in [0.05, 0.1) is 5.41 Å². The fourth-order valence-corrected chi connectivity index (χ4v) is 3.35. The average Bonchev–Trinajstić information content (AvgIpc) is 2.87. The molecule has 2 aliphatic rings. The summed E-state index contributed by atoms with van der Waals surface area (Å²) in [6.07, 6.45) is 4.37. The average molecular weight is 243 g/mol. The molecule has 0 aromatic heterocycles. The summed E-state index contributed by atoms with van der Waals surface area (Å²) in [5.74, 6) is 0.223. The van der Waals surface area contributed by atoms with E-state index < -0.39 is 0 Å². The maximum Gasteiger partial charge on any atom is 0.235 e. The minimum absolute atomic E-state index is 0.139. The van der Waals surface area contributed by atoms with E-state index in [-0.39, 0.29) is 16.7 Å². The van der Waals surface area contributed by atoms with E-state index >= 15 is 0 Å². The molecule has 0 unspecified atom stereocenters. The van der Waals surface area contributed by atoms with E-state index in [0.29, 0.717) is 0 Å². The lowest BCUT2D eigenvalue weighted by molar-refractivity contribution is -0.120. The smallest absolute Gasteiger partial charge is 0.235 e. The van der Waals surface area contributed by atoms with Crippen LogP contribution in [0.15, 0.2) is 18.2 Å². The molecule has 96 valence electrons. The molecule has 1 saturated carbocycles. The van der Waals surface area contributed by atoms with Gasteiger partial charge in [0.1, 0.15) is 0 Å². The Kier molecular flexibility index (Phi) is 2.35. The number of nitrogens with one attached hydrogen (secondary N) is 1. The van der Waals surface area contributed by atoms with Gasteiger partial charge in [-0.3, -0.25) is 4.79 Å². The van der Waals surface area contributed by atoms with E-state index in [2.05, 4.69) is 44.3 Å². The van der Waals surface area contributed by atoms with Gasteiger partial charge < -0.3 is 5.32 Å². The largest absolute Gasteiger partial charge is 0.325 e. The van der Waals surface area contributed by atoms with Crippen molar-refractivity contribution in [3.8, 4) is 0 Å². The maximum absolute atomic E-state index is 12.3. The van der Waals surface area contributed by atoms with Crippen molar-refractivity contribution < 1.29 is 4.79 Å². The van der Waals surface area contributed by atoms with Crippen LogP contribution in [0.4, 0.5) is 5.69 Å². The van der Waals surface area contributed by atoms with Crippen molar-refractivity contribution in [3.05, 3.63) is 29.3 Å². The number of anilines is 1. The Hall–Kier alpha value is -1.31. The predicted octanol–water partition coefficient (Wildman–Crippen LogP) is 3.75. The van der Waals surface area contributed by atoms with Gasteiger partial charge in [0.25, 0.3) is 0 Å². The summed E-state index contributed by atoms with van der Waals surface area (Å²) in [6, 6.07) is 6.49. The van der Waals surface area contributed by atoms with Gasteiger partial charge in [0.2, 0.25) is 5.91 Å². The third-order valence-electron chi connectivity index (χ3n) is 4.54. The third kappa shape index (κ3) is 1.51. The summed E-state index contributed by atoms with van der Waals surface area (Å²) < 4.78 is 0. The van der Waals surface area contributed by atoms with Gasteiger partial charge in [0.15, 0.2) is 0 Å². The summed E-state index contributed by atoms with van der Waals surface area (Å²) in [5.41, 5.74) is 3.54. The molecule has 0 saturated heterocycles. The van der Waals surface area contributed by atoms with Gasteiger partial charge in [-0.1, -0.05) is 45.7 Å². The number of fused-ring (bicyclic) bond motifs is 2. The minimum atomic E-state index is -0.212. The summed E-state index contributed by atoms with van der Waals surface area (Å²) in [7, 11) is 0. The molecular weight excluding hydrogens is 222 g/mol. The van der Waals surface area contributed by atoms with Crippen molar-refractivity contribution in [3.63, 3.8) is 0 Å². The van der Waals surface area contributed by atoms with Gasteiger partial charge in [-0.2, -0.15) is 0 Å². The van der Waals surface area contributed by atoms with E-state index in [1.54, 1.807) is 0 Å². The maximum atomic E-state index is 12.3. The van der Waals surface area contributed by atoms with Crippen LogP contribution in [0.2, 0.25) is 0 Å². The van der Waals surface area contributed by atoms with Crippen LogP contribution in [-0.4, -0.2) is 5.91 Å². The zero-order valence-corrected chi connectivity index (χ0v) is 11.5. The molecule has 0 radical (unpaired) electrons. The van der Waals surface area contributed by atoms with Gasteiger partial charge in [-0.25, -0.2) is 0 Å². The van der Waals surface area contributed by atoms with E-state index in [9.17, 15) is 4.79 Å². The number of hydrogen-bond acceptors (Lipinski definition) is 1. The third-order valence-corrected chi connectivity index (χ3v) is 4.54. The Balaban J connectivity index is 2.14. The lowest BCUT2D eigenvalue weighted by Crippen LogP contribution is -2.31. The molecule has 1 amide bonds. The minimum Gasteiger partial charge on any atom is -0.325 e. The quantitative estimate of drug-likeness (QED) is 0.738. The van der Waals surface area contributed by atoms with Crippen molar-refractivity contribution in [1.82, 2.24) is 0 Å². The lowest BCUT2D eigenvalue weighted by atomic mass is 9.77. The van der Waals surface area contributed by atoms with E-state index in [1.165, 1.54) is 24.0 Å². The molecule has 1 aliphatic heterocycles. The lowest BCUT2D eigenvalue weighted by Gasteiger charge is -2.24.